The van der Waals surface area contributed by atoms with Gasteiger partial charge in [-0.1, -0.05) is 18.2 Å². The highest BCUT2D eigenvalue weighted by atomic mass is 79.9. The highest BCUT2D eigenvalue weighted by Crippen LogP contribution is 2.26. The van der Waals surface area contributed by atoms with Crippen molar-refractivity contribution in [3.63, 3.8) is 0 Å². The molecule has 0 unspecified atom stereocenters. The average molecular weight is 291 g/mol. The van der Waals surface area contributed by atoms with Crippen LogP contribution in [0.2, 0.25) is 0 Å². The Labute approximate surface area is 108 Å². The van der Waals surface area contributed by atoms with Crippen molar-refractivity contribution < 1.29 is 4.74 Å². The predicted octanol–water partition coefficient (Wildman–Crippen LogP) is 3.53. The molecule has 0 aliphatic heterocycles. The van der Waals surface area contributed by atoms with Gasteiger partial charge < -0.3 is 10.5 Å². The van der Waals surface area contributed by atoms with Crippen LogP contribution in [0.3, 0.4) is 0 Å². The third kappa shape index (κ3) is 2.85. The van der Waals surface area contributed by atoms with Gasteiger partial charge in [0.05, 0.1) is 0 Å². The zero-order valence-electron chi connectivity index (χ0n) is 8.98. The zero-order chi connectivity index (χ0) is 12.3. The van der Waals surface area contributed by atoms with Crippen molar-refractivity contribution in [2.75, 3.05) is 0 Å². The minimum atomic E-state index is 0.0307. The van der Waals surface area contributed by atoms with E-state index in [9.17, 15) is 0 Å². The van der Waals surface area contributed by atoms with Crippen molar-refractivity contribution in [1.82, 2.24) is 0 Å². The van der Waals surface area contributed by atoms with Crippen LogP contribution in [0.1, 0.15) is 5.56 Å². The average Bonchev–Trinajstić information content (AvgIpc) is 2.30. The molecule has 0 aromatic heterocycles. The Morgan fingerprint density at radius 2 is 1.76 bits per heavy atom. The number of nitrogens with two attached hydrogens (primary N) is 1. The first-order valence-corrected chi connectivity index (χ1v) is 5.83. The molecule has 0 amide bonds. The number of benzene rings is 2. The van der Waals surface area contributed by atoms with Gasteiger partial charge >= 0.3 is 0 Å². The lowest BCUT2D eigenvalue weighted by molar-refractivity contribution is 0.482. The molecule has 0 aliphatic carbocycles. The third-order valence-corrected chi connectivity index (χ3v) is 2.87. The zero-order valence-corrected chi connectivity index (χ0v) is 10.6. The van der Waals surface area contributed by atoms with Gasteiger partial charge in [-0.25, -0.2) is 0 Å². The lowest BCUT2D eigenvalue weighted by atomic mass is 10.2. The number of amidine groups is 1. The Bertz CT molecular complexity index is 540. The predicted molar refractivity (Wildman–Crippen MR) is 71.7 cm³/mol. The summed E-state index contributed by atoms with van der Waals surface area (Å²) in [5.41, 5.74) is 6.09. The molecule has 3 nitrogen and oxygen atoms in total. The van der Waals surface area contributed by atoms with Crippen LogP contribution < -0.4 is 10.5 Å². The molecule has 0 saturated heterocycles. The summed E-state index contributed by atoms with van der Waals surface area (Å²) in [6, 6.07) is 14.9. The molecule has 4 heteroatoms. The van der Waals surface area contributed by atoms with E-state index >= 15 is 0 Å². The molecule has 0 fully saturated rings. The number of hydrogen-bond acceptors (Lipinski definition) is 2. The molecule has 0 saturated carbocycles. The number of halogens is 1. The first-order chi connectivity index (χ1) is 8.16. The van der Waals surface area contributed by atoms with Gasteiger partial charge in [0.15, 0.2) is 0 Å². The molecule has 2 aromatic carbocycles. The fourth-order valence-corrected chi connectivity index (χ4v) is 1.97. The van der Waals surface area contributed by atoms with E-state index < -0.39 is 0 Å². The Hall–Kier alpha value is -1.81. The first-order valence-electron chi connectivity index (χ1n) is 5.03. The van der Waals surface area contributed by atoms with Gasteiger partial charge in [-0.2, -0.15) is 0 Å². The second-order valence-corrected chi connectivity index (χ2v) is 4.32. The standard InChI is InChI=1S/C13H11BrN2O/c14-12-8-10(6-7-11(12)13(15)16)17-9-4-2-1-3-5-9/h1-8H,(H3,15,16). The molecule has 17 heavy (non-hydrogen) atoms. The van der Waals surface area contributed by atoms with Gasteiger partial charge in [-0.05, 0) is 46.3 Å². The van der Waals surface area contributed by atoms with E-state index in [1.54, 1.807) is 18.2 Å². The molecule has 2 aromatic rings. The van der Waals surface area contributed by atoms with Crippen LogP contribution in [0.15, 0.2) is 53.0 Å². The van der Waals surface area contributed by atoms with Crippen LogP contribution in [0, 0.1) is 5.41 Å². The van der Waals surface area contributed by atoms with E-state index in [4.69, 9.17) is 15.9 Å². The molecule has 0 bridgehead atoms. The van der Waals surface area contributed by atoms with Gasteiger partial charge in [0.1, 0.15) is 17.3 Å². The van der Waals surface area contributed by atoms with Crippen molar-refractivity contribution in [2.24, 2.45) is 5.73 Å². The smallest absolute Gasteiger partial charge is 0.128 e. The Morgan fingerprint density at radius 3 is 2.35 bits per heavy atom. The number of hydrogen-bond donors (Lipinski definition) is 2. The van der Waals surface area contributed by atoms with Crippen molar-refractivity contribution >= 4 is 21.8 Å². The van der Waals surface area contributed by atoms with E-state index in [0.29, 0.717) is 11.3 Å². The van der Waals surface area contributed by atoms with Crippen LogP contribution in [0.25, 0.3) is 0 Å². The molecule has 0 heterocycles. The number of nitrogens with one attached hydrogen (secondary N) is 1. The maximum absolute atomic E-state index is 7.37. The van der Waals surface area contributed by atoms with Crippen LogP contribution >= 0.6 is 15.9 Å². The number of rotatable bonds is 3. The summed E-state index contributed by atoms with van der Waals surface area (Å²) in [6.45, 7) is 0. The first kappa shape index (κ1) is 11.7. The maximum Gasteiger partial charge on any atom is 0.128 e. The summed E-state index contributed by atoms with van der Waals surface area (Å²) < 4.78 is 6.40. The summed E-state index contributed by atoms with van der Waals surface area (Å²) >= 11 is 3.36. The quantitative estimate of drug-likeness (QED) is 0.671. The molecule has 0 aliphatic rings. The van der Waals surface area contributed by atoms with Crippen molar-refractivity contribution in [3.8, 4) is 11.5 Å². The minimum Gasteiger partial charge on any atom is -0.457 e. The van der Waals surface area contributed by atoms with E-state index in [1.165, 1.54) is 0 Å². The fourth-order valence-electron chi connectivity index (χ4n) is 1.40. The molecule has 0 atom stereocenters. The molecule has 2 rings (SSSR count). The second kappa shape index (κ2) is 5.01. The summed E-state index contributed by atoms with van der Waals surface area (Å²) in [5, 5.41) is 7.37. The van der Waals surface area contributed by atoms with Gasteiger partial charge in [0.25, 0.3) is 0 Å². The summed E-state index contributed by atoms with van der Waals surface area (Å²) in [7, 11) is 0. The van der Waals surface area contributed by atoms with E-state index in [1.807, 2.05) is 30.3 Å². The topological polar surface area (TPSA) is 59.1 Å². The monoisotopic (exact) mass is 290 g/mol. The van der Waals surface area contributed by atoms with Gasteiger partial charge in [-0.3, -0.25) is 5.41 Å². The van der Waals surface area contributed by atoms with Crippen LogP contribution in [-0.4, -0.2) is 5.84 Å². The largest absolute Gasteiger partial charge is 0.457 e. The Morgan fingerprint density at radius 1 is 1.06 bits per heavy atom. The van der Waals surface area contributed by atoms with E-state index in [2.05, 4.69) is 15.9 Å². The summed E-state index contributed by atoms with van der Waals surface area (Å²) in [6.07, 6.45) is 0. The molecule has 86 valence electrons. The summed E-state index contributed by atoms with van der Waals surface area (Å²) in [4.78, 5) is 0. The number of para-hydroxylation sites is 1. The van der Waals surface area contributed by atoms with Crippen LogP contribution in [0.4, 0.5) is 0 Å². The van der Waals surface area contributed by atoms with Gasteiger partial charge in [0.2, 0.25) is 0 Å². The number of ether oxygens (including phenoxy) is 1. The fraction of sp³-hybridized carbons (Fsp3) is 0. The summed E-state index contributed by atoms with van der Waals surface area (Å²) in [5.74, 6) is 1.51. The maximum atomic E-state index is 7.37. The highest BCUT2D eigenvalue weighted by molar-refractivity contribution is 9.10. The normalized spacial score (nSPS) is 9.94. The second-order valence-electron chi connectivity index (χ2n) is 3.47. The van der Waals surface area contributed by atoms with Crippen LogP contribution in [-0.2, 0) is 0 Å². The number of nitrogen functional groups attached to an aromatic ring is 1. The molecule has 0 spiro atoms. The van der Waals surface area contributed by atoms with E-state index in [-0.39, 0.29) is 5.84 Å². The lowest BCUT2D eigenvalue weighted by Gasteiger charge is -2.08. The Kier molecular flexibility index (Phi) is 3.44. The molecule has 0 radical (unpaired) electrons. The van der Waals surface area contributed by atoms with E-state index in [0.717, 1.165) is 10.2 Å². The van der Waals surface area contributed by atoms with Gasteiger partial charge in [-0.15, -0.1) is 0 Å². The van der Waals surface area contributed by atoms with Crippen molar-refractivity contribution in [1.29, 1.82) is 5.41 Å². The van der Waals surface area contributed by atoms with Crippen molar-refractivity contribution in [3.05, 3.63) is 58.6 Å². The Balaban J connectivity index is 2.24. The highest BCUT2D eigenvalue weighted by Gasteiger charge is 2.05. The van der Waals surface area contributed by atoms with Crippen molar-refractivity contribution in [2.45, 2.75) is 0 Å². The molecular formula is C13H11BrN2O. The SMILES string of the molecule is N=C(N)c1ccc(Oc2ccccc2)cc1Br. The molecule has 3 N–H and O–H groups in total. The third-order valence-electron chi connectivity index (χ3n) is 2.21. The lowest BCUT2D eigenvalue weighted by Crippen LogP contribution is -2.11. The van der Waals surface area contributed by atoms with Crippen LogP contribution in [0.5, 0.6) is 11.5 Å². The minimum absolute atomic E-state index is 0.0307. The van der Waals surface area contributed by atoms with Gasteiger partial charge in [0, 0.05) is 10.0 Å². The molecular weight excluding hydrogens is 280 g/mol.